The van der Waals surface area contributed by atoms with E-state index in [0.29, 0.717) is 0 Å². The lowest BCUT2D eigenvalue weighted by Crippen LogP contribution is -2.56. The number of rotatable bonds is 13. The first-order chi connectivity index (χ1) is 19.4. The van der Waals surface area contributed by atoms with Crippen LogP contribution in [-0.4, -0.2) is 61.6 Å². The van der Waals surface area contributed by atoms with Crippen LogP contribution in [-0.2, 0) is 30.4 Å². The van der Waals surface area contributed by atoms with Crippen molar-refractivity contribution in [3.8, 4) is 11.1 Å². The fourth-order valence-corrected chi connectivity index (χ4v) is 4.82. The Balaban J connectivity index is 1.45. The number of amides is 2. The summed E-state index contributed by atoms with van der Waals surface area (Å²) in [5.41, 5.74) is 5.21. The van der Waals surface area contributed by atoms with E-state index >= 15 is 0 Å². The van der Waals surface area contributed by atoms with E-state index in [0.717, 1.165) is 27.8 Å². The molecule has 1 unspecified atom stereocenters. The molecule has 9 heteroatoms. The van der Waals surface area contributed by atoms with Gasteiger partial charge in [0.05, 0.1) is 12.7 Å². The van der Waals surface area contributed by atoms with E-state index in [9.17, 15) is 19.5 Å². The fraction of sp³-hybridized carbons (Fsp3) is 0.323. The van der Waals surface area contributed by atoms with Crippen LogP contribution < -0.4 is 10.6 Å². The molecule has 0 radical (unpaired) electrons. The first-order valence-electron chi connectivity index (χ1n) is 13.2. The number of hydrogen-bond donors (Lipinski definition) is 3. The van der Waals surface area contributed by atoms with Crippen LogP contribution in [0.15, 0.2) is 78.9 Å². The number of methoxy groups -OCH3 is 1. The molecule has 0 aliphatic heterocycles. The number of ether oxygens (including phenoxy) is 3. The molecule has 40 heavy (non-hydrogen) atoms. The average molecular weight is 547 g/mol. The van der Waals surface area contributed by atoms with Gasteiger partial charge in [0.25, 0.3) is 0 Å². The van der Waals surface area contributed by atoms with Gasteiger partial charge >= 0.3 is 12.1 Å². The third-order valence-electron chi connectivity index (χ3n) is 6.95. The zero-order valence-electron chi connectivity index (χ0n) is 22.5. The van der Waals surface area contributed by atoms with Crippen molar-refractivity contribution < 1.29 is 33.7 Å². The zero-order valence-corrected chi connectivity index (χ0v) is 22.5. The minimum atomic E-state index is -1.21. The molecule has 1 aliphatic carbocycles. The van der Waals surface area contributed by atoms with Crippen molar-refractivity contribution in [3.63, 3.8) is 0 Å². The van der Waals surface area contributed by atoms with Crippen molar-refractivity contribution in [3.05, 3.63) is 95.6 Å². The number of hydrogen-bond acceptors (Lipinski definition) is 6. The van der Waals surface area contributed by atoms with Gasteiger partial charge in [-0.2, -0.15) is 0 Å². The topological polar surface area (TPSA) is 123 Å². The summed E-state index contributed by atoms with van der Waals surface area (Å²) < 4.78 is 16.5. The van der Waals surface area contributed by atoms with Crippen LogP contribution in [0.5, 0.6) is 0 Å². The number of carbonyl (C=O) groups is 3. The largest absolute Gasteiger partial charge is 0.480 e. The van der Waals surface area contributed by atoms with E-state index in [-0.39, 0.29) is 32.2 Å². The van der Waals surface area contributed by atoms with Crippen LogP contribution in [0.4, 0.5) is 4.79 Å². The van der Waals surface area contributed by atoms with E-state index in [4.69, 9.17) is 14.2 Å². The van der Waals surface area contributed by atoms with Gasteiger partial charge in [-0.15, -0.1) is 0 Å². The highest BCUT2D eigenvalue weighted by Gasteiger charge is 2.33. The molecular weight excluding hydrogens is 512 g/mol. The molecule has 0 saturated heterocycles. The second kappa shape index (κ2) is 13.7. The van der Waals surface area contributed by atoms with Gasteiger partial charge in [0.2, 0.25) is 5.91 Å². The highest BCUT2D eigenvalue weighted by Crippen LogP contribution is 2.44. The van der Waals surface area contributed by atoms with E-state index in [1.807, 2.05) is 78.9 Å². The number of benzene rings is 3. The lowest BCUT2D eigenvalue weighted by atomic mass is 9.98. The maximum Gasteiger partial charge on any atom is 0.407 e. The van der Waals surface area contributed by atoms with Crippen LogP contribution in [0.25, 0.3) is 11.1 Å². The maximum atomic E-state index is 13.2. The molecule has 0 heterocycles. The Bertz CT molecular complexity index is 1270. The second-order valence-electron chi connectivity index (χ2n) is 9.63. The summed E-state index contributed by atoms with van der Waals surface area (Å²) in [4.78, 5) is 37.9. The molecule has 3 aromatic carbocycles. The lowest BCUT2D eigenvalue weighted by Gasteiger charge is -2.26. The van der Waals surface area contributed by atoms with E-state index in [1.165, 1.54) is 7.11 Å². The van der Waals surface area contributed by atoms with Crippen molar-refractivity contribution in [1.82, 2.24) is 10.6 Å². The van der Waals surface area contributed by atoms with Crippen molar-refractivity contribution in [2.75, 3.05) is 20.3 Å². The van der Waals surface area contributed by atoms with Crippen molar-refractivity contribution in [2.45, 2.75) is 44.1 Å². The predicted molar refractivity (Wildman–Crippen MR) is 149 cm³/mol. The van der Waals surface area contributed by atoms with Gasteiger partial charge in [0, 0.05) is 26.1 Å². The molecule has 2 amide bonds. The van der Waals surface area contributed by atoms with Crippen LogP contribution in [0.2, 0.25) is 0 Å². The number of nitrogens with one attached hydrogen (secondary N) is 2. The highest BCUT2D eigenvalue weighted by atomic mass is 16.5. The summed E-state index contributed by atoms with van der Waals surface area (Å²) in [5, 5.41) is 14.6. The Morgan fingerprint density at radius 3 is 2.08 bits per heavy atom. The van der Waals surface area contributed by atoms with Crippen molar-refractivity contribution >= 4 is 18.0 Å². The van der Waals surface area contributed by atoms with Crippen LogP contribution in [0.3, 0.4) is 0 Å². The SMILES string of the molecule is COCCC(NC(=O)[C@H](NC(=O)OCC1c2ccccc2-c2ccccc21)[C@H](C)OCc1ccccc1)C(=O)O. The molecule has 3 aromatic rings. The summed E-state index contributed by atoms with van der Waals surface area (Å²) in [7, 11) is 1.45. The molecule has 0 fully saturated rings. The lowest BCUT2D eigenvalue weighted by molar-refractivity contribution is -0.143. The second-order valence-corrected chi connectivity index (χ2v) is 9.63. The van der Waals surface area contributed by atoms with E-state index in [1.54, 1.807) is 6.92 Å². The quantitative estimate of drug-likeness (QED) is 0.295. The molecule has 210 valence electrons. The van der Waals surface area contributed by atoms with Gasteiger partial charge in [-0.05, 0) is 34.7 Å². The number of carbonyl (C=O) groups excluding carboxylic acids is 2. The molecule has 3 N–H and O–H groups in total. The van der Waals surface area contributed by atoms with Gasteiger partial charge in [0.1, 0.15) is 18.7 Å². The Hall–Kier alpha value is -4.21. The molecule has 1 aliphatic rings. The number of aliphatic carboxylic acids is 1. The Labute approximate surface area is 233 Å². The van der Waals surface area contributed by atoms with Crippen LogP contribution >= 0.6 is 0 Å². The van der Waals surface area contributed by atoms with Crippen molar-refractivity contribution in [2.24, 2.45) is 0 Å². The summed E-state index contributed by atoms with van der Waals surface area (Å²) in [6.45, 7) is 2.05. The van der Waals surface area contributed by atoms with Gasteiger partial charge < -0.3 is 30.0 Å². The summed E-state index contributed by atoms with van der Waals surface area (Å²) >= 11 is 0. The molecular formula is C31H34N2O7. The van der Waals surface area contributed by atoms with Gasteiger partial charge in [0.15, 0.2) is 0 Å². The Morgan fingerprint density at radius 2 is 1.48 bits per heavy atom. The molecule has 0 saturated carbocycles. The highest BCUT2D eigenvalue weighted by molar-refractivity contribution is 5.89. The Kier molecular flexibility index (Phi) is 9.88. The van der Waals surface area contributed by atoms with E-state index < -0.39 is 36.2 Å². The smallest absolute Gasteiger partial charge is 0.407 e. The van der Waals surface area contributed by atoms with Crippen LogP contribution in [0, 0.1) is 0 Å². The molecule has 3 atom stereocenters. The average Bonchev–Trinajstić information content (AvgIpc) is 3.29. The molecule has 0 bridgehead atoms. The number of carboxylic acids is 1. The monoisotopic (exact) mass is 546 g/mol. The van der Waals surface area contributed by atoms with Crippen LogP contribution in [0.1, 0.15) is 36.0 Å². The predicted octanol–water partition coefficient (Wildman–Crippen LogP) is 4.10. The third-order valence-corrected chi connectivity index (χ3v) is 6.95. The first kappa shape index (κ1) is 28.8. The van der Waals surface area contributed by atoms with Gasteiger partial charge in [-0.25, -0.2) is 9.59 Å². The molecule has 9 nitrogen and oxygen atoms in total. The number of carboxylic acid groups (broad SMARTS) is 1. The standard InChI is InChI=1S/C31H34N2O7/c1-20(39-18-21-10-4-3-5-11-21)28(29(34)32-27(30(35)36)16-17-38-2)33-31(37)40-19-26-24-14-8-6-12-22(24)23-13-7-9-15-25(23)26/h3-15,20,26-28H,16-19H2,1-2H3,(H,32,34)(H,33,37)(H,35,36)/t20-,27?,28+/m0/s1. The van der Waals surface area contributed by atoms with Gasteiger partial charge in [-0.1, -0.05) is 78.9 Å². The minimum absolute atomic E-state index is 0.0640. The Morgan fingerprint density at radius 1 is 0.875 bits per heavy atom. The normalized spacial score (nSPS) is 14.3. The first-order valence-corrected chi connectivity index (χ1v) is 13.2. The number of alkyl carbamates (subject to hydrolysis) is 1. The zero-order chi connectivity index (χ0) is 28.5. The van der Waals surface area contributed by atoms with Crippen molar-refractivity contribution in [1.29, 1.82) is 0 Å². The summed E-state index contributed by atoms with van der Waals surface area (Å²) in [6.07, 6.45) is -1.53. The number of fused-ring (bicyclic) bond motifs is 3. The van der Waals surface area contributed by atoms with E-state index in [2.05, 4.69) is 10.6 Å². The molecule has 4 rings (SSSR count). The van der Waals surface area contributed by atoms with Gasteiger partial charge in [-0.3, -0.25) is 4.79 Å². The molecule has 0 aromatic heterocycles. The third kappa shape index (κ3) is 7.05. The summed E-state index contributed by atoms with van der Waals surface area (Å²) in [5.74, 6) is -2.05. The fourth-order valence-electron chi connectivity index (χ4n) is 4.82. The molecule has 0 spiro atoms. The minimum Gasteiger partial charge on any atom is -0.480 e. The summed E-state index contributed by atoms with van der Waals surface area (Å²) in [6, 6.07) is 23.0. The maximum absolute atomic E-state index is 13.2.